The van der Waals surface area contributed by atoms with Crippen LogP contribution in [-0.2, 0) is 17.5 Å². The number of anilines is 1. The van der Waals surface area contributed by atoms with Gasteiger partial charge in [0.1, 0.15) is 11.6 Å². The minimum Gasteiger partial charge on any atom is -0.346 e. The highest BCUT2D eigenvalue weighted by atomic mass is 32.1. The fourth-order valence-corrected chi connectivity index (χ4v) is 3.98. The number of hydrogen-bond donors (Lipinski definition) is 1. The van der Waals surface area contributed by atoms with Crippen molar-refractivity contribution in [1.29, 1.82) is 0 Å². The highest BCUT2D eigenvalue weighted by Crippen LogP contribution is 2.29. The van der Waals surface area contributed by atoms with Crippen molar-refractivity contribution in [2.75, 3.05) is 25.0 Å². The zero-order valence-electron chi connectivity index (χ0n) is 17.7. The van der Waals surface area contributed by atoms with Gasteiger partial charge >= 0.3 is 6.18 Å². The molecule has 1 unspecified atom stereocenters. The molecule has 0 aliphatic carbocycles. The average molecular weight is 451 g/mol. The van der Waals surface area contributed by atoms with Gasteiger partial charge in [-0.3, -0.25) is 9.69 Å². The van der Waals surface area contributed by atoms with Gasteiger partial charge in [0, 0.05) is 31.9 Å². The van der Waals surface area contributed by atoms with Crippen LogP contribution < -0.4 is 5.32 Å². The number of carbonyl (C=O) groups excluding carboxylic acids is 1. The van der Waals surface area contributed by atoms with Crippen LogP contribution in [0.2, 0.25) is 0 Å². The molecule has 5 nitrogen and oxygen atoms in total. The second-order valence-electron chi connectivity index (χ2n) is 7.84. The second-order valence-corrected chi connectivity index (χ2v) is 8.23. The van der Waals surface area contributed by atoms with Gasteiger partial charge < -0.3 is 10.2 Å². The molecule has 0 radical (unpaired) electrons. The van der Waals surface area contributed by atoms with Crippen LogP contribution in [0.5, 0.6) is 0 Å². The molecule has 3 rings (SSSR count). The summed E-state index contributed by atoms with van der Waals surface area (Å²) < 4.78 is 38.3. The summed E-state index contributed by atoms with van der Waals surface area (Å²) in [5.74, 6) is 0.651. The number of alkyl halides is 3. The molecule has 0 amide bonds. The van der Waals surface area contributed by atoms with Crippen LogP contribution in [0.4, 0.5) is 19.0 Å². The number of pyridine rings is 1. The third kappa shape index (κ3) is 6.01. The number of ketones is 1. The third-order valence-corrected chi connectivity index (χ3v) is 5.61. The molecule has 1 aliphatic rings. The number of aryl methyl sites for hydroxylation is 2. The summed E-state index contributed by atoms with van der Waals surface area (Å²) in [4.78, 5) is 20.7. The molecule has 166 valence electrons. The fourth-order valence-electron chi connectivity index (χ4n) is 3.71. The van der Waals surface area contributed by atoms with Crippen molar-refractivity contribution in [3.63, 3.8) is 0 Å². The number of hydrogen-bond acceptors (Lipinski definition) is 4. The van der Waals surface area contributed by atoms with Crippen molar-refractivity contribution in [2.24, 2.45) is 0 Å². The Morgan fingerprint density at radius 1 is 1.19 bits per heavy atom. The van der Waals surface area contributed by atoms with E-state index in [1.54, 1.807) is 0 Å². The summed E-state index contributed by atoms with van der Waals surface area (Å²) in [6.45, 7) is 7.38. The molecule has 1 aromatic carbocycles. The Bertz CT molecular complexity index is 942. The number of piperazine rings is 1. The third-order valence-electron chi connectivity index (χ3n) is 5.25. The summed E-state index contributed by atoms with van der Waals surface area (Å²) in [6.07, 6.45) is -4.36. The predicted octanol–water partition coefficient (Wildman–Crippen LogP) is 4.19. The number of thiocarbonyl (C=S) groups is 1. The molecule has 2 heterocycles. The van der Waals surface area contributed by atoms with Crippen molar-refractivity contribution >= 4 is 28.9 Å². The SMILES string of the molecule is CC(=O)C1CN(C(=S)Nc2cc(C)cc(C)n2)CCN1Cc1ccc(C(F)(F)F)cc1. The van der Waals surface area contributed by atoms with Crippen molar-refractivity contribution in [2.45, 2.75) is 39.5 Å². The molecule has 2 aromatic rings. The molecule has 1 N–H and O–H groups in total. The highest BCUT2D eigenvalue weighted by molar-refractivity contribution is 7.80. The minimum absolute atomic E-state index is 0.0102. The van der Waals surface area contributed by atoms with Crippen molar-refractivity contribution in [3.8, 4) is 0 Å². The van der Waals surface area contributed by atoms with E-state index in [9.17, 15) is 18.0 Å². The summed E-state index contributed by atoms with van der Waals surface area (Å²) in [5, 5.41) is 3.65. The fraction of sp³-hybridized carbons (Fsp3) is 0.409. The molecule has 0 spiro atoms. The molecule has 0 saturated carbocycles. The Labute approximate surface area is 185 Å². The van der Waals surface area contributed by atoms with Gasteiger partial charge in [0.05, 0.1) is 11.6 Å². The van der Waals surface area contributed by atoms with E-state index in [2.05, 4.69) is 10.3 Å². The molecular formula is C22H25F3N4OS. The maximum absolute atomic E-state index is 12.8. The number of nitrogens with zero attached hydrogens (tertiary/aromatic N) is 3. The van der Waals surface area contributed by atoms with Crippen LogP contribution in [-0.4, -0.2) is 51.4 Å². The quantitative estimate of drug-likeness (QED) is 0.705. The summed E-state index contributed by atoms with van der Waals surface area (Å²) in [7, 11) is 0. The van der Waals surface area contributed by atoms with E-state index in [1.807, 2.05) is 35.8 Å². The highest BCUT2D eigenvalue weighted by Gasteiger charge is 2.32. The lowest BCUT2D eigenvalue weighted by Gasteiger charge is -2.41. The van der Waals surface area contributed by atoms with Crippen LogP contribution in [0, 0.1) is 13.8 Å². The Morgan fingerprint density at radius 2 is 1.87 bits per heavy atom. The minimum atomic E-state index is -4.36. The first-order chi connectivity index (χ1) is 14.5. The summed E-state index contributed by atoms with van der Waals surface area (Å²) >= 11 is 5.54. The van der Waals surface area contributed by atoms with E-state index in [-0.39, 0.29) is 5.78 Å². The predicted molar refractivity (Wildman–Crippen MR) is 118 cm³/mol. The molecular weight excluding hydrogens is 425 g/mol. The van der Waals surface area contributed by atoms with Gasteiger partial charge in [-0.1, -0.05) is 12.1 Å². The zero-order chi connectivity index (χ0) is 22.8. The topological polar surface area (TPSA) is 48.5 Å². The Balaban J connectivity index is 1.66. The van der Waals surface area contributed by atoms with E-state index >= 15 is 0 Å². The molecule has 1 fully saturated rings. The maximum Gasteiger partial charge on any atom is 0.416 e. The second kappa shape index (κ2) is 9.32. The Morgan fingerprint density at radius 3 is 2.45 bits per heavy atom. The van der Waals surface area contributed by atoms with Crippen molar-refractivity contribution in [3.05, 3.63) is 58.8 Å². The largest absolute Gasteiger partial charge is 0.416 e. The average Bonchev–Trinajstić information content (AvgIpc) is 2.67. The normalized spacial score (nSPS) is 17.5. The van der Waals surface area contributed by atoms with Gasteiger partial charge in [0.2, 0.25) is 0 Å². The molecule has 1 aromatic heterocycles. The molecule has 1 saturated heterocycles. The van der Waals surface area contributed by atoms with Gasteiger partial charge in [-0.2, -0.15) is 13.2 Å². The van der Waals surface area contributed by atoms with E-state index in [4.69, 9.17) is 12.2 Å². The van der Waals surface area contributed by atoms with Gasteiger partial charge in [-0.05, 0) is 68.4 Å². The van der Waals surface area contributed by atoms with Crippen LogP contribution in [0.25, 0.3) is 0 Å². The molecule has 9 heteroatoms. The number of Topliss-reactive ketones (excluding diaryl/α,β-unsaturated/α-hetero) is 1. The number of rotatable bonds is 4. The van der Waals surface area contributed by atoms with Gasteiger partial charge in [-0.25, -0.2) is 4.98 Å². The van der Waals surface area contributed by atoms with Gasteiger partial charge in [0.25, 0.3) is 0 Å². The zero-order valence-corrected chi connectivity index (χ0v) is 18.5. The van der Waals surface area contributed by atoms with Crippen LogP contribution in [0.1, 0.15) is 29.3 Å². The Kier molecular flexibility index (Phi) is 6.96. The standard InChI is InChI=1S/C22H25F3N4OS/c1-14-10-15(2)26-20(11-14)27-21(31)29-9-8-28(19(13-29)16(3)30)12-17-4-6-18(7-5-17)22(23,24)25/h4-7,10-11,19H,8-9,12-13H2,1-3H3,(H,26,27,31). The van der Waals surface area contributed by atoms with Crippen molar-refractivity contribution in [1.82, 2.24) is 14.8 Å². The maximum atomic E-state index is 12.8. The summed E-state index contributed by atoms with van der Waals surface area (Å²) in [5.41, 5.74) is 2.00. The number of carbonyl (C=O) groups is 1. The lowest BCUT2D eigenvalue weighted by Crippen LogP contribution is -2.57. The van der Waals surface area contributed by atoms with E-state index in [0.717, 1.165) is 29.0 Å². The van der Waals surface area contributed by atoms with Crippen LogP contribution >= 0.6 is 12.2 Å². The first-order valence-corrected chi connectivity index (χ1v) is 10.4. The summed E-state index contributed by atoms with van der Waals surface area (Å²) in [6, 6.07) is 8.55. The molecule has 1 aliphatic heterocycles. The lowest BCUT2D eigenvalue weighted by molar-refractivity contribution is -0.137. The smallest absolute Gasteiger partial charge is 0.346 e. The van der Waals surface area contributed by atoms with Gasteiger partial charge in [0.15, 0.2) is 5.11 Å². The number of nitrogens with one attached hydrogen (secondary N) is 1. The van der Waals surface area contributed by atoms with E-state index in [0.29, 0.717) is 37.1 Å². The van der Waals surface area contributed by atoms with Crippen molar-refractivity contribution < 1.29 is 18.0 Å². The van der Waals surface area contributed by atoms with E-state index in [1.165, 1.54) is 19.1 Å². The molecule has 0 bridgehead atoms. The lowest BCUT2D eigenvalue weighted by atomic mass is 10.1. The van der Waals surface area contributed by atoms with Crippen LogP contribution in [0.3, 0.4) is 0 Å². The molecule has 1 atom stereocenters. The number of benzene rings is 1. The molecule has 31 heavy (non-hydrogen) atoms. The number of halogens is 3. The monoisotopic (exact) mass is 450 g/mol. The Hall–Kier alpha value is -2.52. The number of aromatic nitrogens is 1. The van der Waals surface area contributed by atoms with E-state index < -0.39 is 17.8 Å². The first kappa shape index (κ1) is 23.1. The first-order valence-electron chi connectivity index (χ1n) is 9.95. The van der Waals surface area contributed by atoms with Gasteiger partial charge in [-0.15, -0.1) is 0 Å². The van der Waals surface area contributed by atoms with Crippen LogP contribution in [0.15, 0.2) is 36.4 Å².